The fourth-order valence-corrected chi connectivity index (χ4v) is 4.99. The largest absolute Gasteiger partial charge is 0.573 e. The van der Waals surface area contributed by atoms with Crippen molar-refractivity contribution in [2.45, 2.75) is 52.4 Å². The molecule has 8 heteroatoms. The zero-order valence-corrected chi connectivity index (χ0v) is 18.2. The van der Waals surface area contributed by atoms with Gasteiger partial charge in [-0.3, -0.25) is 0 Å². The highest BCUT2D eigenvalue weighted by Crippen LogP contribution is 2.46. The minimum atomic E-state index is -4.73. The molecule has 1 fully saturated rings. The summed E-state index contributed by atoms with van der Waals surface area (Å²) < 4.78 is 43.5. The lowest BCUT2D eigenvalue weighted by atomic mass is 9.70. The molecular formula is C24H25F3N4O. The van der Waals surface area contributed by atoms with Crippen LogP contribution in [-0.2, 0) is 0 Å². The Morgan fingerprint density at radius 1 is 1.16 bits per heavy atom. The van der Waals surface area contributed by atoms with Gasteiger partial charge in [0.2, 0.25) is 5.95 Å². The third-order valence-corrected chi connectivity index (χ3v) is 5.89. The lowest BCUT2D eigenvalue weighted by molar-refractivity contribution is -0.274. The average Bonchev–Trinajstić information content (AvgIpc) is 3.03. The van der Waals surface area contributed by atoms with Gasteiger partial charge in [-0.05, 0) is 73.1 Å². The third-order valence-electron chi connectivity index (χ3n) is 5.89. The van der Waals surface area contributed by atoms with Crippen LogP contribution in [0.5, 0.6) is 5.75 Å². The zero-order chi connectivity index (χ0) is 23.1. The number of imidazole rings is 1. The normalized spacial score (nSPS) is 20.7. The Morgan fingerprint density at radius 3 is 2.50 bits per heavy atom. The van der Waals surface area contributed by atoms with E-state index < -0.39 is 6.36 Å². The molecule has 0 bridgehead atoms. The van der Waals surface area contributed by atoms with Gasteiger partial charge in [0.1, 0.15) is 5.75 Å². The highest BCUT2D eigenvalue weighted by Gasteiger charge is 2.35. The zero-order valence-electron chi connectivity index (χ0n) is 18.2. The van der Waals surface area contributed by atoms with E-state index in [2.05, 4.69) is 41.5 Å². The molecule has 2 aromatic carbocycles. The van der Waals surface area contributed by atoms with Crippen LogP contribution >= 0.6 is 0 Å². The van der Waals surface area contributed by atoms with Crippen molar-refractivity contribution in [3.8, 4) is 11.8 Å². The first-order chi connectivity index (χ1) is 15.0. The summed E-state index contributed by atoms with van der Waals surface area (Å²) >= 11 is 0. The monoisotopic (exact) mass is 442 g/mol. The minimum absolute atomic E-state index is 0.180. The predicted octanol–water partition coefficient (Wildman–Crippen LogP) is 6.94. The average molecular weight is 442 g/mol. The van der Waals surface area contributed by atoms with E-state index in [1.165, 1.54) is 24.3 Å². The van der Waals surface area contributed by atoms with Gasteiger partial charge in [0.25, 0.3) is 0 Å². The Balaban J connectivity index is 1.72. The number of rotatable bonds is 4. The maximum Gasteiger partial charge on any atom is 0.573 e. The number of nitrogens with zero attached hydrogens (tertiary/aromatic N) is 3. The molecule has 1 heterocycles. The van der Waals surface area contributed by atoms with E-state index in [1.54, 1.807) is 12.1 Å². The number of nitrogens with one attached hydrogen (secondary N) is 1. The van der Waals surface area contributed by atoms with Crippen LogP contribution in [0.15, 0.2) is 42.5 Å². The molecule has 32 heavy (non-hydrogen) atoms. The number of nitriles is 1. The van der Waals surface area contributed by atoms with E-state index in [9.17, 15) is 18.4 Å². The van der Waals surface area contributed by atoms with Gasteiger partial charge in [-0.1, -0.05) is 20.8 Å². The van der Waals surface area contributed by atoms with Crippen molar-refractivity contribution in [1.29, 1.82) is 5.26 Å². The molecule has 1 aliphatic carbocycles. The molecule has 3 aromatic rings. The minimum Gasteiger partial charge on any atom is -0.406 e. The molecule has 1 saturated carbocycles. The maximum atomic E-state index is 12.4. The van der Waals surface area contributed by atoms with Gasteiger partial charge < -0.3 is 14.6 Å². The fraction of sp³-hybridized carbons (Fsp3) is 0.417. The number of alkyl halides is 3. The highest BCUT2D eigenvalue weighted by molar-refractivity contribution is 5.81. The van der Waals surface area contributed by atoms with Crippen LogP contribution in [0.4, 0.5) is 24.8 Å². The number of ether oxygens (including phenoxy) is 1. The van der Waals surface area contributed by atoms with Crippen molar-refractivity contribution in [2.24, 2.45) is 11.3 Å². The number of aromatic nitrogens is 2. The summed E-state index contributed by atoms with van der Waals surface area (Å²) in [6, 6.07) is 13.4. The van der Waals surface area contributed by atoms with Crippen molar-refractivity contribution in [1.82, 2.24) is 9.55 Å². The number of hydrogen-bond donors (Lipinski definition) is 1. The van der Waals surface area contributed by atoms with Crippen LogP contribution in [0.25, 0.3) is 11.0 Å². The molecule has 5 nitrogen and oxygen atoms in total. The fourth-order valence-electron chi connectivity index (χ4n) is 4.99. The molecule has 0 aliphatic heterocycles. The Morgan fingerprint density at radius 2 is 1.88 bits per heavy atom. The molecule has 168 valence electrons. The van der Waals surface area contributed by atoms with Crippen molar-refractivity contribution in [3.63, 3.8) is 0 Å². The van der Waals surface area contributed by atoms with Crippen LogP contribution in [-0.4, -0.2) is 15.9 Å². The molecular weight excluding hydrogens is 417 g/mol. The van der Waals surface area contributed by atoms with E-state index >= 15 is 0 Å². The lowest BCUT2D eigenvalue weighted by Gasteiger charge is -2.40. The number of hydrogen-bond acceptors (Lipinski definition) is 4. The standard InChI is InChI=1S/C24H25F3N4O/c1-15-10-18(13-23(2,3)12-15)31-21-9-4-16(14-28)11-20(21)30-22(31)29-17-5-7-19(8-6-17)32-24(25,26)27/h4-9,11,15,18H,10,12-13H2,1-3H3,(H,29,30)/t15-,18+/m0/s1. The van der Waals surface area contributed by atoms with Crippen molar-refractivity contribution in [2.75, 3.05) is 5.32 Å². The van der Waals surface area contributed by atoms with Gasteiger partial charge in [0.05, 0.1) is 22.7 Å². The molecule has 0 amide bonds. The van der Waals surface area contributed by atoms with E-state index in [4.69, 9.17) is 4.98 Å². The molecule has 1 aliphatic rings. The van der Waals surface area contributed by atoms with Crippen molar-refractivity contribution in [3.05, 3.63) is 48.0 Å². The second kappa shape index (κ2) is 8.05. The number of benzene rings is 2. The van der Waals surface area contributed by atoms with Gasteiger partial charge in [-0.2, -0.15) is 5.26 Å². The summed E-state index contributed by atoms with van der Waals surface area (Å²) in [6.45, 7) is 6.80. The topological polar surface area (TPSA) is 62.9 Å². The molecule has 1 aromatic heterocycles. The Kier molecular flexibility index (Phi) is 5.53. The lowest BCUT2D eigenvalue weighted by Crippen LogP contribution is -2.29. The van der Waals surface area contributed by atoms with Crippen LogP contribution in [0.3, 0.4) is 0 Å². The quantitative estimate of drug-likeness (QED) is 0.475. The summed E-state index contributed by atoms with van der Waals surface area (Å²) in [6.07, 6.45) is -1.60. The Labute approximate surface area is 184 Å². The van der Waals surface area contributed by atoms with Gasteiger partial charge in [0, 0.05) is 11.7 Å². The second-order valence-electron chi connectivity index (χ2n) is 9.39. The first-order valence-electron chi connectivity index (χ1n) is 10.6. The van der Waals surface area contributed by atoms with Gasteiger partial charge in [-0.25, -0.2) is 4.98 Å². The molecule has 0 spiro atoms. The summed E-state index contributed by atoms with van der Waals surface area (Å²) in [7, 11) is 0. The first kappa shape index (κ1) is 22.0. The van der Waals surface area contributed by atoms with E-state index in [0.717, 1.165) is 24.8 Å². The summed E-state index contributed by atoms with van der Waals surface area (Å²) in [5, 5.41) is 12.5. The maximum absolute atomic E-state index is 12.4. The van der Waals surface area contributed by atoms with Crippen LogP contribution in [0.2, 0.25) is 0 Å². The van der Waals surface area contributed by atoms with Crippen LogP contribution in [0.1, 0.15) is 51.6 Å². The summed E-state index contributed by atoms with van der Waals surface area (Å²) in [5.41, 5.74) is 2.94. The molecule has 1 N–H and O–H groups in total. The highest BCUT2D eigenvalue weighted by atomic mass is 19.4. The molecule has 0 unspecified atom stereocenters. The SMILES string of the molecule is C[C@H]1C[C@@H](n2c(Nc3ccc(OC(F)(F)F)cc3)nc3cc(C#N)ccc32)CC(C)(C)C1. The molecule has 0 radical (unpaired) electrons. The number of halogens is 3. The molecule has 0 saturated heterocycles. The van der Waals surface area contributed by atoms with Crippen molar-refractivity contribution >= 4 is 22.7 Å². The van der Waals surface area contributed by atoms with E-state index in [0.29, 0.717) is 28.6 Å². The van der Waals surface area contributed by atoms with Crippen LogP contribution in [0, 0.1) is 22.7 Å². The van der Waals surface area contributed by atoms with Gasteiger partial charge in [-0.15, -0.1) is 13.2 Å². The summed E-state index contributed by atoms with van der Waals surface area (Å²) in [5.74, 6) is 0.874. The van der Waals surface area contributed by atoms with Crippen LogP contribution < -0.4 is 10.1 Å². The van der Waals surface area contributed by atoms with Crippen molar-refractivity contribution < 1.29 is 17.9 Å². The predicted molar refractivity (Wildman–Crippen MR) is 117 cm³/mol. The smallest absolute Gasteiger partial charge is 0.406 e. The second-order valence-corrected chi connectivity index (χ2v) is 9.39. The Hall–Kier alpha value is -3.21. The van der Waals surface area contributed by atoms with Gasteiger partial charge in [0.15, 0.2) is 0 Å². The van der Waals surface area contributed by atoms with E-state index in [-0.39, 0.29) is 17.2 Å². The summed E-state index contributed by atoms with van der Waals surface area (Å²) in [4.78, 5) is 4.74. The number of anilines is 2. The first-order valence-corrected chi connectivity index (χ1v) is 10.6. The number of fused-ring (bicyclic) bond motifs is 1. The third kappa shape index (κ3) is 4.82. The molecule has 4 rings (SSSR count). The van der Waals surface area contributed by atoms with Gasteiger partial charge >= 0.3 is 6.36 Å². The Bertz CT molecular complexity index is 1160. The van der Waals surface area contributed by atoms with E-state index in [1.807, 2.05) is 6.07 Å². The molecule has 2 atom stereocenters.